The van der Waals surface area contributed by atoms with E-state index in [2.05, 4.69) is 14.8 Å². The van der Waals surface area contributed by atoms with E-state index in [0.717, 1.165) is 43.1 Å². The Bertz CT molecular complexity index is 817. The van der Waals surface area contributed by atoms with E-state index >= 15 is 0 Å². The van der Waals surface area contributed by atoms with Crippen LogP contribution in [0.15, 0.2) is 30.3 Å². The van der Waals surface area contributed by atoms with Crippen molar-refractivity contribution in [1.29, 1.82) is 0 Å². The Labute approximate surface area is 152 Å². The highest BCUT2D eigenvalue weighted by Crippen LogP contribution is 2.28. The Balaban J connectivity index is 1.48. The molecule has 2 aliphatic rings. The van der Waals surface area contributed by atoms with E-state index in [0.29, 0.717) is 19.6 Å². The third-order valence-corrected chi connectivity index (χ3v) is 5.36. The van der Waals surface area contributed by atoms with Gasteiger partial charge < -0.3 is 14.4 Å². The summed E-state index contributed by atoms with van der Waals surface area (Å²) in [6.07, 6.45) is 1.62. The molecule has 2 aromatic rings. The smallest absolute Gasteiger partial charge is 0.253 e. The Morgan fingerprint density at radius 2 is 1.81 bits per heavy atom. The van der Waals surface area contributed by atoms with E-state index in [9.17, 15) is 9.59 Å². The Kier molecular flexibility index (Phi) is 4.44. The lowest BCUT2D eigenvalue weighted by atomic mass is 10.1. The van der Waals surface area contributed by atoms with Gasteiger partial charge in [-0.1, -0.05) is 18.2 Å². The molecule has 0 spiro atoms. The summed E-state index contributed by atoms with van der Waals surface area (Å²) in [5, 5.41) is 8.78. The molecule has 1 fully saturated rings. The molecule has 136 valence electrons. The minimum absolute atomic E-state index is 0.0754. The van der Waals surface area contributed by atoms with Crippen molar-refractivity contribution < 1.29 is 9.59 Å². The van der Waals surface area contributed by atoms with Crippen LogP contribution in [-0.4, -0.2) is 62.6 Å². The first kappa shape index (κ1) is 16.8. The van der Waals surface area contributed by atoms with Crippen LogP contribution in [0, 0.1) is 0 Å². The largest absolute Gasteiger partial charge is 0.341 e. The zero-order chi connectivity index (χ0) is 18.1. The van der Waals surface area contributed by atoms with Gasteiger partial charge in [-0.15, -0.1) is 10.2 Å². The Hall–Kier alpha value is -2.70. The lowest BCUT2D eigenvalue weighted by Crippen LogP contribution is -2.31. The third kappa shape index (κ3) is 3.09. The molecule has 2 amide bonds. The molecule has 0 N–H and O–H groups in total. The second-order valence-electron chi connectivity index (χ2n) is 6.98. The Morgan fingerprint density at radius 3 is 2.58 bits per heavy atom. The summed E-state index contributed by atoms with van der Waals surface area (Å²) in [6.45, 7) is 5.11. The first-order valence-corrected chi connectivity index (χ1v) is 9.15. The number of fused-ring (bicyclic) bond motifs is 1. The molecular formula is C19H23N5O2. The summed E-state index contributed by atoms with van der Waals surface area (Å²) >= 11 is 0. The molecule has 2 aliphatic heterocycles. The molecule has 0 bridgehead atoms. The molecular weight excluding hydrogens is 330 g/mol. The zero-order valence-electron chi connectivity index (χ0n) is 15.0. The average molecular weight is 353 g/mol. The number of carbonyl (C=O) groups is 2. The summed E-state index contributed by atoms with van der Waals surface area (Å²) in [7, 11) is 0. The number of rotatable bonds is 2. The van der Waals surface area contributed by atoms with Gasteiger partial charge >= 0.3 is 0 Å². The maximum Gasteiger partial charge on any atom is 0.253 e. The Morgan fingerprint density at radius 1 is 1.00 bits per heavy atom. The molecule has 26 heavy (non-hydrogen) atoms. The molecule has 1 atom stereocenters. The van der Waals surface area contributed by atoms with E-state index in [1.807, 2.05) is 40.1 Å². The second-order valence-corrected chi connectivity index (χ2v) is 6.98. The van der Waals surface area contributed by atoms with Crippen molar-refractivity contribution in [2.75, 3.05) is 26.2 Å². The van der Waals surface area contributed by atoms with E-state index in [1.165, 1.54) is 0 Å². The summed E-state index contributed by atoms with van der Waals surface area (Å²) < 4.78 is 2.16. The van der Waals surface area contributed by atoms with Crippen LogP contribution >= 0.6 is 0 Å². The number of likely N-dealkylation sites (tertiary alicyclic amines) is 1. The van der Waals surface area contributed by atoms with Crippen molar-refractivity contribution >= 4 is 11.8 Å². The number of aromatic nitrogens is 3. The number of amides is 2. The van der Waals surface area contributed by atoms with Crippen LogP contribution in [-0.2, 0) is 17.8 Å². The second kappa shape index (κ2) is 6.90. The highest BCUT2D eigenvalue weighted by molar-refractivity contribution is 5.94. The lowest BCUT2D eigenvalue weighted by Gasteiger charge is -2.18. The molecule has 7 nitrogen and oxygen atoms in total. The number of hydrogen-bond acceptors (Lipinski definition) is 4. The highest BCUT2D eigenvalue weighted by atomic mass is 16.2. The van der Waals surface area contributed by atoms with Crippen molar-refractivity contribution in [1.82, 2.24) is 24.6 Å². The fourth-order valence-corrected chi connectivity index (χ4v) is 3.88. The SMILES string of the molecule is CC(=O)N1CCc2nnc(C3CCN(C(=O)c4ccccc4)C3)n2CC1. The van der Waals surface area contributed by atoms with Gasteiger partial charge in [0.25, 0.3) is 5.91 Å². The fraction of sp³-hybridized carbons (Fsp3) is 0.474. The minimum atomic E-state index is 0.0754. The molecule has 3 heterocycles. The zero-order valence-corrected chi connectivity index (χ0v) is 15.0. The minimum Gasteiger partial charge on any atom is -0.341 e. The lowest BCUT2D eigenvalue weighted by molar-refractivity contribution is -0.128. The van der Waals surface area contributed by atoms with Gasteiger partial charge in [-0.25, -0.2) is 0 Å². The van der Waals surface area contributed by atoms with E-state index in [1.54, 1.807) is 6.92 Å². The van der Waals surface area contributed by atoms with Gasteiger partial charge in [-0.05, 0) is 18.6 Å². The monoisotopic (exact) mass is 353 g/mol. The summed E-state index contributed by atoms with van der Waals surface area (Å²) in [5.74, 6) is 2.27. The molecule has 4 rings (SSSR count). The molecule has 0 radical (unpaired) electrons. The number of carbonyl (C=O) groups excluding carboxylic acids is 2. The van der Waals surface area contributed by atoms with Crippen LogP contribution in [0.4, 0.5) is 0 Å². The van der Waals surface area contributed by atoms with Crippen molar-refractivity contribution in [3.8, 4) is 0 Å². The summed E-state index contributed by atoms with van der Waals surface area (Å²) in [5.41, 5.74) is 0.727. The molecule has 0 saturated carbocycles. The number of benzene rings is 1. The predicted molar refractivity (Wildman–Crippen MR) is 95.7 cm³/mol. The van der Waals surface area contributed by atoms with Crippen molar-refractivity contribution in [2.45, 2.75) is 32.2 Å². The van der Waals surface area contributed by atoms with E-state index < -0.39 is 0 Å². The van der Waals surface area contributed by atoms with Gasteiger partial charge in [0.1, 0.15) is 11.6 Å². The van der Waals surface area contributed by atoms with Gasteiger partial charge in [0.05, 0.1) is 0 Å². The van der Waals surface area contributed by atoms with Gasteiger partial charge in [-0.2, -0.15) is 0 Å². The van der Waals surface area contributed by atoms with Gasteiger partial charge in [-0.3, -0.25) is 9.59 Å². The standard InChI is InChI=1S/C19H23N5O2/c1-14(25)22-10-8-17-20-21-18(24(17)12-11-22)16-7-9-23(13-16)19(26)15-5-3-2-4-6-15/h2-6,16H,7-13H2,1H3. The van der Waals surface area contributed by atoms with E-state index in [-0.39, 0.29) is 17.7 Å². The fourth-order valence-electron chi connectivity index (χ4n) is 3.88. The van der Waals surface area contributed by atoms with Gasteiger partial charge in [0.2, 0.25) is 5.91 Å². The summed E-state index contributed by atoms with van der Waals surface area (Å²) in [6, 6.07) is 9.41. The van der Waals surface area contributed by atoms with Crippen LogP contribution in [0.1, 0.15) is 41.3 Å². The normalized spacial score (nSPS) is 20.0. The number of hydrogen-bond donors (Lipinski definition) is 0. The molecule has 1 aromatic carbocycles. The average Bonchev–Trinajstić information content (AvgIpc) is 3.23. The first-order chi connectivity index (χ1) is 12.6. The van der Waals surface area contributed by atoms with Crippen LogP contribution in [0.3, 0.4) is 0 Å². The molecule has 7 heteroatoms. The van der Waals surface area contributed by atoms with Crippen LogP contribution in [0.2, 0.25) is 0 Å². The van der Waals surface area contributed by atoms with Crippen molar-refractivity contribution in [3.05, 3.63) is 47.5 Å². The maximum absolute atomic E-state index is 12.7. The van der Waals surface area contributed by atoms with Crippen molar-refractivity contribution in [2.24, 2.45) is 0 Å². The molecule has 1 aromatic heterocycles. The van der Waals surface area contributed by atoms with Crippen molar-refractivity contribution in [3.63, 3.8) is 0 Å². The summed E-state index contributed by atoms with van der Waals surface area (Å²) in [4.78, 5) is 28.1. The first-order valence-electron chi connectivity index (χ1n) is 9.15. The number of nitrogens with zero attached hydrogens (tertiary/aromatic N) is 5. The quantitative estimate of drug-likeness (QED) is 0.816. The van der Waals surface area contributed by atoms with E-state index in [4.69, 9.17) is 0 Å². The molecule has 1 saturated heterocycles. The van der Waals surface area contributed by atoms with Crippen LogP contribution in [0.25, 0.3) is 0 Å². The highest BCUT2D eigenvalue weighted by Gasteiger charge is 2.32. The van der Waals surface area contributed by atoms with Gasteiger partial charge in [0, 0.05) is 57.5 Å². The molecule has 0 aliphatic carbocycles. The van der Waals surface area contributed by atoms with Crippen LogP contribution < -0.4 is 0 Å². The molecule has 1 unspecified atom stereocenters. The third-order valence-electron chi connectivity index (χ3n) is 5.36. The topological polar surface area (TPSA) is 71.3 Å². The van der Waals surface area contributed by atoms with Gasteiger partial charge in [0.15, 0.2) is 0 Å². The predicted octanol–water partition coefficient (Wildman–Crippen LogP) is 1.31. The van der Waals surface area contributed by atoms with Crippen LogP contribution in [0.5, 0.6) is 0 Å². The maximum atomic E-state index is 12.7.